The lowest BCUT2D eigenvalue weighted by molar-refractivity contribution is -0.137. The number of aromatic nitrogens is 3. The molecule has 2 heterocycles. The summed E-state index contributed by atoms with van der Waals surface area (Å²) in [5.41, 5.74) is 1.13. The van der Waals surface area contributed by atoms with E-state index in [1.165, 1.54) is 23.0 Å². The van der Waals surface area contributed by atoms with Crippen molar-refractivity contribution in [3.05, 3.63) is 53.7 Å². The molecule has 0 spiro atoms. The van der Waals surface area contributed by atoms with Crippen LogP contribution in [0.1, 0.15) is 16.2 Å². The first-order valence-corrected chi connectivity index (χ1v) is 7.06. The molecule has 0 saturated heterocycles. The fourth-order valence-electron chi connectivity index (χ4n) is 2.27. The number of nitrogens with one attached hydrogen (secondary N) is 1. The minimum atomic E-state index is -1.05. The number of nitrogens with zero attached hydrogens (tertiary/aromatic N) is 3. The molecule has 1 amide bonds. The highest BCUT2D eigenvalue weighted by atomic mass is 19.1. The molecule has 122 valence electrons. The van der Waals surface area contributed by atoms with Gasteiger partial charge in [-0.25, -0.2) is 9.37 Å². The van der Waals surface area contributed by atoms with Crippen molar-refractivity contribution in [2.24, 2.45) is 0 Å². The fourth-order valence-corrected chi connectivity index (χ4v) is 2.27. The third-order valence-electron chi connectivity index (χ3n) is 3.31. The van der Waals surface area contributed by atoms with E-state index in [0.717, 1.165) is 6.07 Å². The molecule has 3 aromatic rings. The Kier molecular flexibility index (Phi) is 3.95. The van der Waals surface area contributed by atoms with Crippen molar-refractivity contribution in [3.8, 4) is 0 Å². The number of rotatable bonds is 4. The second-order valence-corrected chi connectivity index (χ2v) is 5.23. The molecule has 0 radical (unpaired) electrons. The Bertz CT molecular complexity index is 952. The van der Waals surface area contributed by atoms with Gasteiger partial charge in [-0.3, -0.25) is 14.3 Å². The van der Waals surface area contributed by atoms with Crippen molar-refractivity contribution in [3.63, 3.8) is 0 Å². The Morgan fingerprint density at radius 3 is 2.83 bits per heavy atom. The summed E-state index contributed by atoms with van der Waals surface area (Å²) in [6.07, 6.45) is 1.48. The Hall–Kier alpha value is -3.29. The van der Waals surface area contributed by atoms with Crippen LogP contribution in [0.4, 0.5) is 10.1 Å². The topological polar surface area (TPSA) is 97.1 Å². The average Bonchev–Trinajstić information content (AvgIpc) is 2.87. The molecule has 1 aromatic carbocycles. The van der Waals surface area contributed by atoms with E-state index < -0.39 is 17.7 Å². The van der Waals surface area contributed by atoms with Crippen LogP contribution in [-0.2, 0) is 11.3 Å². The summed E-state index contributed by atoms with van der Waals surface area (Å²) in [6, 6.07) is 7.52. The zero-order valence-corrected chi connectivity index (χ0v) is 12.7. The zero-order valence-electron chi connectivity index (χ0n) is 12.7. The van der Waals surface area contributed by atoms with E-state index in [4.69, 9.17) is 5.11 Å². The lowest BCUT2D eigenvalue weighted by Crippen LogP contribution is -2.14. The largest absolute Gasteiger partial charge is 0.480 e. The number of pyridine rings is 1. The number of carboxylic acid groups (broad SMARTS) is 1. The fraction of sp³-hybridized carbons (Fsp3) is 0.125. The van der Waals surface area contributed by atoms with E-state index in [2.05, 4.69) is 15.4 Å². The zero-order chi connectivity index (χ0) is 17.3. The molecular weight excluding hydrogens is 315 g/mol. The number of amides is 1. The number of hydrogen-bond acceptors (Lipinski definition) is 4. The Morgan fingerprint density at radius 2 is 2.12 bits per heavy atom. The molecule has 8 heteroatoms. The molecule has 2 N–H and O–H groups in total. The van der Waals surface area contributed by atoms with Gasteiger partial charge in [-0.15, -0.1) is 0 Å². The van der Waals surface area contributed by atoms with Gasteiger partial charge >= 0.3 is 5.97 Å². The van der Waals surface area contributed by atoms with Gasteiger partial charge in [0.1, 0.15) is 18.1 Å². The van der Waals surface area contributed by atoms with Crippen LogP contribution in [0, 0.1) is 12.7 Å². The van der Waals surface area contributed by atoms with Gasteiger partial charge in [0.15, 0.2) is 0 Å². The smallest absolute Gasteiger partial charge is 0.325 e. The van der Waals surface area contributed by atoms with Gasteiger partial charge in [0.2, 0.25) is 0 Å². The van der Waals surface area contributed by atoms with Crippen LogP contribution in [0.5, 0.6) is 0 Å². The first kappa shape index (κ1) is 15.6. The molecule has 2 aromatic heterocycles. The van der Waals surface area contributed by atoms with Crippen molar-refractivity contribution in [2.45, 2.75) is 13.5 Å². The summed E-state index contributed by atoms with van der Waals surface area (Å²) in [5.74, 6) is -2.25. The van der Waals surface area contributed by atoms with E-state index in [1.54, 1.807) is 19.1 Å². The maximum absolute atomic E-state index is 14.1. The molecule has 0 saturated carbocycles. The van der Waals surface area contributed by atoms with Crippen LogP contribution in [0.15, 0.2) is 36.5 Å². The highest BCUT2D eigenvalue weighted by Gasteiger charge is 2.13. The molecule has 0 unspecified atom stereocenters. The molecule has 0 bridgehead atoms. The number of fused-ring (bicyclic) bond motifs is 1. The van der Waals surface area contributed by atoms with Crippen LogP contribution in [0.3, 0.4) is 0 Å². The monoisotopic (exact) mass is 328 g/mol. The third kappa shape index (κ3) is 3.22. The van der Waals surface area contributed by atoms with Gasteiger partial charge in [0.25, 0.3) is 5.91 Å². The van der Waals surface area contributed by atoms with E-state index in [-0.39, 0.29) is 17.9 Å². The molecule has 0 aliphatic heterocycles. The lowest BCUT2D eigenvalue weighted by atomic mass is 10.2. The number of hydrogen-bond donors (Lipinski definition) is 2. The number of anilines is 1. The predicted molar refractivity (Wildman–Crippen MR) is 84.3 cm³/mol. The highest BCUT2D eigenvalue weighted by Crippen LogP contribution is 2.22. The van der Waals surface area contributed by atoms with Gasteiger partial charge in [0, 0.05) is 23.3 Å². The highest BCUT2D eigenvalue weighted by molar-refractivity contribution is 6.03. The maximum atomic E-state index is 14.1. The van der Waals surface area contributed by atoms with Gasteiger partial charge < -0.3 is 10.4 Å². The number of carboxylic acids is 1. The van der Waals surface area contributed by atoms with Crippen molar-refractivity contribution in [1.29, 1.82) is 0 Å². The van der Waals surface area contributed by atoms with E-state index in [9.17, 15) is 14.0 Å². The predicted octanol–water partition coefficient (Wildman–Crippen LogP) is 2.22. The van der Waals surface area contributed by atoms with Crippen LogP contribution in [0.25, 0.3) is 10.9 Å². The maximum Gasteiger partial charge on any atom is 0.325 e. The summed E-state index contributed by atoms with van der Waals surface area (Å²) in [4.78, 5) is 27.0. The minimum Gasteiger partial charge on any atom is -0.480 e. The third-order valence-corrected chi connectivity index (χ3v) is 3.31. The van der Waals surface area contributed by atoms with E-state index >= 15 is 0 Å². The van der Waals surface area contributed by atoms with E-state index in [1.807, 2.05) is 0 Å². The number of aliphatic carboxylic acids is 1. The summed E-state index contributed by atoms with van der Waals surface area (Å²) >= 11 is 0. The number of benzene rings is 1. The number of carbonyl (C=O) groups excluding carboxylic acids is 1. The molecular formula is C16H13FN4O3. The molecule has 0 fully saturated rings. The van der Waals surface area contributed by atoms with Gasteiger partial charge in [-0.05, 0) is 25.1 Å². The second kappa shape index (κ2) is 6.07. The number of aryl methyl sites for hydroxylation is 1. The number of halogens is 1. The number of carbonyl (C=O) groups is 2. The Labute approximate surface area is 135 Å². The van der Waals surface area contributed by atoms with Gasteiger partial charge in [-0.1, -0.05) is 6.07 Å². The standard InChI is InChI=1S/C16H13FN4O3/c1-9-3-2-4-12(18-9)16(24)19-14-5-10-7-21(8-15(22)23)20-13(10)6-11(14)17/h2-7H,8H2,1H3,(H,19,24)(H,22,23). The molecule has 3 rings (SSSR count). The van der Waals surface area contributed by atoms with Crippen molar-refractivity contribution in [1.82, 2.24) is 14.8 Å². The Morgan fingerprint density at radius 1 is 1.33 bits per heavy atom. The van der Waals surface area contributed by atoms with E-state index in [0.29, 0.717) is 16.6 Å². The molecule has 0 atom stereocenters. The first-order valence-electron chi connectivity index (χ1n) is 7.06. The van der Waals surface area contributed by atoms with Crippen LogP contribution >= 0.6 is 0 Å². The summed E-state index contributed by atoms with van der Waals surface area (Å²) in [6.45, 7) is 1.42. The van der Waals surface area contributed by atoms with Gasteiger partial charge in [0.05, 0.1) is 11.2 Å². The lowest BCUT2D eigenvalue weighted by Gasteiger charge is -2.06. The normalized spacial score (nSPS) is 10.8. The Balaban J connectivity index is 1.90. The second-order valence-electron chi connectivity index (χ2n) is 5.23. The summed E-state index contributed by atoms with van der Waals surface area (Å²) in [5, 5.41) is 15.7. The van der Waals surface area contributed by atoms with Crippen molar-refractivity contribution in [2.75, 3.05) is 5.32 Å². The molecule has 0 aliphatic rings. The first-order chi connectivity index (χ1) is 11.4. The minimum absolute atomic E-state index is 0.0225. The average molecular weight is 328 g/mol. The van der Waals surface area contributed by atoms with Gasteiger partial charge in [-0.2, -0.15) is 5.10 Å². The molecule has 24 heavy (non-hydrogen) atoms. The molecule has 7 nitrogen and oxygen atoms in total. The van der Waals surface area contributed by atoms with Crippen LogP contribution in [-0.4, -0.2) is 31.7 Å². The molecule has 0 aliphatic carbocycles. The summed E-state index contributed by atoms with van der Waals surface area (Å²) in [7, 11) is 0. The summed E-state index contributed by atoms with van der Waals surface area (Å²) < 4.78 is 15.3. The van der Waals surface area contributed by atoms with Crippen molar-refractivity contribution >= 4 is 28.5 Å². The quantitative estimate of drug-likeness (QED) is 0.765. The SMILES string of the molecule is Cc1cccc(C(=O)Nc2cc3cn(CC(=O)O)nc3cc2F)n1. The van der Waals surface area contributed by atoms with Crippen LogP contribution < -0.4 is 5.32 Å². The van der Waals surface area contributed by atoms with Crippen LogP contribution in [0.2, 0.25) is 0 Å². The van der Waals surface area contributed by atoms with Crippen molar-refractivity contribution < 1.29 is 19.1 Å².